The number of aryl methyl sites for hydroxylation is 1. The predicted octanol–water partition coefficient (Wildman–Crippen LogP) is 5.29. The van der Waals surface area contributed by atoms with Crippen LogP contribution in [0.3, 0.4) is 0 Å². The van der Waals surface area contributed by atoms with Crippen LogP contribution in [0.5, 0.6) is 5.75 Å². The Morgan fingerprint density at radius 3 is 2.51 bits per heavy atom. The van der Waals surface area contributed by atoms with Gasteiger partial charge in [0.15, 0.2) is 5.16 Å². The highest BCUT2D eigenvalue weighted by molar-refractivity contribution is 7.99. The standard InChI is InChI=1S/C28H34N4O4S/c1-6-17-32-24(12-9-18-36-21-15-13-20(14-16-21)28(2,3)4)30-31-27(32)37-19-25(33)29-23-11-8-7-10-22(23)26(34)35-5/h6-8,10-11,13-16H,1,9,12,17-19H2,2-5H3,(H,29,33). The molecule has 1 heterocycles. The minimum atomic E-state index is -0.509. The minimum Gasteiger partial charge on any atom is -0.494 e. The molecular weight excluding hydrogens is 488 g/mol. The van der Waals surface area contributed by atoms with Gasteiger partial charge in [-0.25, -0.2) is 4.79 Å². The third kappa shape index (κ3) is 7.95. The number of aromatic nitrogens is 3. The number of ether oxygens (including phenoxy) is 2. The van der Waals surface area contributed by atoms with Gasteiger partial charge in [-0.3, -0.25) is 4.79 Å². The van der Waals surface area contributed by atoms with E-state index in [9.17, 15) is 9.59 Å². The SMILES string of the molecule is C=CCn1c(CCCOc2ccc(C(C)(C)C)cc2)nnc1SCC(=O)Nc1ccccc1C(=O)OC. The number of methoxy groups -OCH3 is 1. The van der Waals surface area contributed by atoms with Gasteiger partial charge in [-0.15, -0.1) is 16.8 Å². The fourth-order valence-corrected chi connectivity index (χ4v) is 4.36. The summed E-state index contributed by atoms with van der Waals surface area (Å²) in [5.41, 5.74) is 2.08. The highest BCUT2D eigenvalue weighted by atomic mass is 32.2. The third-order valence-corrected chi connectivity index (χ3v) is 6.54. The molecule has 0 bridgehead atoms. The monoisotopic (exact) mass is 522 g/mol. The molecule has 0 aliphatic rings. The van der Waals surface area contributed by atoms with Crippen LogP contribution in [0.25, 0.3) is 0 Å². The van der Waals surface area contributed by atoms with Crippen LogP contribution in [-0.2, 0) is 27.9 Å². The number of nitrogens with one attached hydrogen (secondary N) is 1. The summed E-state index contributed by atoms with van der Waals surface area (Å²) < 4.78 is 12.6. The second-order valence-corrected chi connectivity index (χ2v) is 10.3. The normalized spacial score (nSPS) is 11.1. The van der Waals surface area contributed by atoms with Crippen LogP contribution in [0.4, 0.5) is 5.69 Å². The first kappa shape index (κ1) is 28.0. The molecular formula is C28H34N4O4S. The van der Waals surface area contributed by atoms with Gasteiger partial charge in [0.2, 0.25) is 5.91 Å². The summed E-state index contributed by atoms with van der Waals surface area (Å²) in [6.07, 6.45) is 3.23. The van der Waals surface area contributed by atoms with Crippen molar-refractivity contribution < 1.29 is 19.1 Å². The van der Waals surface area contributed by atoms with Crippen molar-refractivity contribution in [3.63, 3.8) is 0 Å². The molecule has 3 aromatic rings. The van der Waals surface area contributed by atoms with Gasteiger partial charge in [-0.1, -0.05) is 62.9 Å². The van der Waals surface area contributed by atoms with E-state index >= 15 is 0 Å². The molecule has 1 amide bonds. The Morgan fingerprint density at radius 2 is 1.84 bits per heavy atom. The van der Waals surface area contributed by atoms with Gasteiger partial charge in [0, 0.05) is 13.0 Å². The number of anilines is 1. The number of hydrogen-bond acceptors (Lipinski definition) is 7. The number of rotatable bonds is 12. The molecule has 0 unspecified atom stereocenters. The molecule has 0 fully saturated rings. The third-order valence-electron chi connectivity index (χ3n) is 5.58. The maximum atomic E-state index is 12.6. The van der Waals surface area contributed by atoms with Crippen LogP contribution in [-0.4, -0.2) is 46.1 Å². The predicted molar refractivity (Wildman–Crippen MR) is 146 cm³/mol. The number of allylic oxidation sites excluding steroid dienone is 1. The Morgan fingerprint density at radius 1 is 1.11 bits per heavy atom. The summed E-state index contributed by atoms with van der Waals surface area (Å²) in [5.74, 6) is 0.993. The highest BCUT2D eigenvalue weighted by Crippen LogP contribution is 2.24. The molecule has 37 heavy (non-hydrogen) atoms. The molecule has 9 heteroatoms. The van der Waals surface area contributed by atoms with Crippen LogP contribution >= 0.6 is 11.8 Å². The van der Waals surface area contributed by atoms with Gasteiger partial charge >= 0.3 is 5.97 Å². The van der Waals surface area contributed by atoms with Crippen molar-refractivity contribution in [1.82, 2.24) is 14.8 Å². The second kappa shape index (κ2) is 13.1. The molecule has 0 aliphatic heterocycles. The van der Waals surface area contributed by atoms with Crippen molar-refractivity contribution in [2.75, 3.05) is 24.8 Å². The van der Waals surface area contributed by atoms with Crippen molar-refractivity contribution >= 4 is 29.3 Å². The van der Waals surface area contributed by atoms with E-state index in [2.05, 4.69) is 55.0 Å². The lowest BCUT2D eigenvalue weighted by molar-refractivity contribution is -0.113. The highest BCUT2D eigenvalue weighted by Gasteiger charge is 2.17. The van der Waals surface area contributed by atoms with E-state index in [-0.39, 0.29) is 17.1 Å². The van der Waals surface area contributed by atoms with E-state index in [1.165, 1.54) is 24.4 Å². The Balaban J connectivity index is 1.53. The van der Waals surface area contributed by atoms with Crippen LogP contribution in [0.1, 0.15) is 48.9 Å². The van der Waals surface area contributed by atoms with Gasteiger partial charge < -0.3 is 19.4 Å². The number of thioether (sulfide) groups is 1. The summed E-state index contributed by atoms with van der Waals surface area (Å²) in [7, 11) is 1.30. The van der Waals surface area contributed by atoms with Gasteiger partial charge in [-0.2, -0.15) is 0 Å². The zero-order chi connectivity index (χ0) is 26.8. The number of carbonyl (C=O) groups excluding carboxylic acids is 2. The topological polar surface area (TPSA) is 95.3 Å². The summed E-state index contributed by atoms with van der Waals surface area (Å²) in [6.45, 7) is 11.5. The molecule has 0 atom stereocenters. The van der Waals surface area contributed by atoms with Crippen LogP contribution in [0, 0.1) is 0 Å². The first-order chi connectivity index (χ1) is 17.7. The van der Waals surface area contributed by atoms with E-state index in [0.29, 0.717) is 36.0 Å². The molecule has 8 nitrogen and oxygen atoms in total. The fraction of sp³-hybridized carbons (Fsp3) is 0.357. The van der Waals surface area contributed by atoms with Gasteiger partial charge in [0.25, 0.3) is 0 Å². The molecule has 196 valence electrons. The smallest absolute Gasteiger partial charge is 0.339 e. The molecule has 0 spiro atoms. The van der Waals surface area contributed by atoms with Crippen LogP contribution in [0.15, 0.2) is 66.3 Å². The number of carbonyl (C=O) groups is 2. The zero-order valence-electron chi connectivity index (χ0n) is 21.8. The number of para-hydroxylation sites is 1. The lowest BCUT2D eigenvalue weighted by atomic mass is 9.87. The van der Waals surface area contributed by atoms with E-state index in [1.54, 1.807) is 30.3 Å². The molecule has 1 aromatic heterocycles. The largest absolute Gasteiger partial charge is 0.494 e. The maximum Gasteiger partial charge on any atom is 0.339 e. The minimum absolute atomic E-state index is 0.109. The van der Waals surface area contributed by atoms with Crippen molar-refractivity contribution in [3.8, 4) is 5.75 Å². The number of esters is 1. The second-order valence-electron chi connectivity index (χ2n) is 9.40. The number of nitrogens with zero attached hydrogens (tertiary/aromatic N) is 3. The lowest BCUT2D eigenvalue weighted by Gasteiger charge is -2.19. The summed E-state index contributed by atoms with van der Waals surface area (Å²) in [5, 5.41) is 12.0. The van der Waals surface area contributed by atoms with E-state index in [0.717, 1.165) is 18.0 Å². The van der Waals surface area contributed by atoms with Gasteiger partial charge in [-0.05, 0) is 41.7 Å². The van der Waals surface area contributed by atoms with Crippen molar-refractivity contribution in [1.29, 1.82) is 0 Å². The van der Waals surface area contributed by atoms with E-state index < -0.39 is 5.97 Å². The van der Waals surface area contributed by atoms with Crippen molar-refractivity contribution in [3.05, 3.63) is 78.1 Å². The average Bonchev–Trinajstić information content (AvgIpc) is 3.26. The fourth-order valence-electron chi connectivity index (χ4n) is 3.59. The van der Waals surface area contributed by atoms with Crippen LogP contribution in [0.2, 0.25) is 0 Å². The molecule has 1 N–H and O–H groups in total. The van der Waals surface area contributed by atoms with Gasteiger partial charge in [0.05, 0.1) is 30.7 Å². The van der Waals surface area contributed by atoms with E-state index in [4.69, 9.17) is 9.47 Å². The maximum absolute atomic E-state index is 12.6. The quantitative estimate of drug-likeness (QED) is 0.149. The van der Waals surface area contributed by atoms with Crippen LogP contribution < -0.4 is 10.1 Å². The number of amides is 1. The first-order valence-electron chi connectivity index (χ1n) is 12.1. The summed E-state index contributed by atoms with van der Waals surface area (Å²) >= 11 is 1.28. The Labute approximate surface area is 222 Å². The van der Waals surface area contributed by atoms with E-state index in [1.807, 2.05) is 16.7 Å². The van der Waals surface area contributed by atoms with Crippen molar-refractivity contribution in [2.45, 2.75) is 50.7 Å². The number of hydrogen-bond donors (Lipinski definition) is 1. The number of benzene rings is 2. The Kier molecular flexibility index (Phi) is 9.91. The summed E-state index contributed by atoms with van der Waals surface area (Å²) in [4.78, 5) is 24.5. The Hall–Kier alpha value is -3.59. The molecule has 0 saturated heterocycles. The first-order valence-corrected chi connectivity index (χ1v) is 13.1. The molecule has 3 rings (SSSR count). The molecule has 0 saturated carbocycles. The molecule has 0 aliphatic carbocycles. The van der Waals surface area contributed by atoms with Crippen molar-refractivity contribution in [2.24, 2.45) is 0 Å². The lowest BCUT2D eigenvalue weighted by Crippen LogP contribution is -2.17. The molecule has 2 aromatic carbocycles. The zero-order valence-corrected chi connectivity index (χ0v) is 22.6. The Bertz CT molecular complexity index is 1220. The average molecular weight is 523 g/mol. The molecule has 0 radical (unpaired) electrons. The summed E-state index contributed by atoms with van der Waals surface area (Å²) in [6, 6.07) is 14.9. The van der Waals surface area contributed by atoms with Gasteiger partial charge in [0.1, 0.15) is 11.6 Å².